The molecule has 0 saturated carbocycles. The first-order valence-electron chi connectivity index (χ1n) is 5.36. The molecule has 0 aliphatic rings. The van der Waals surface area contributed by atoms with Crippen molar-refractivity contribution in [3.05, 3.63) is 0 Å². The van der Waals surface area contributed by atoms with E-state index < -0.39 is 0 Å². The molecule has 0 aromatic carbocycles. The first-order chi connectivity index (χ1) is 7.44. The van der Waals surface area contributed by atoms with Crippen molar-refractivity contribution in [2.24, 2.45) is 0 Å². The summed E-state index contributed by atoms with van der Waals surface area (Å²) < 4.78 is 1.16. The topological polar surface area (TPSA) is 6.48 Å². The summed E-state index contributed by atoms with van der Waals surface area (Å²) >= 11 is 19.0. The van der Waals surface area contributed by atoms with Crippen molar-refractivity contribution in [3.63, 3.8) is 0 Å². The first kappa shape index (κ1) is 22.9. The molecule has 1 radical (unpaired) electrons. The number of rotatable bonds is 4. The smallest absolute Gasteiger partial charge is 0.0133 e. The van der Waals surface area contributed by atoms with Gasteiger partial charge < -0.3 is 59.5 Å². The molecule has 2 nitrogen and oxygen atoms in total. The second kappa shape index (κ2) is 14.8. The van der Waals surface area contributed by atoms with Gasteiger partial charge in [0.1, 0.15) is 0 Å². The van der Waals surface area contributed by atoms with E-state index in [1.807, 2.05) is 37.5 Å². The van der Waals surface area contributed by atoms with Crippen LogP contribution in [0.5, 0.6) is 0 Å². The van der Waals surface area contributed by atoms with Crippen LogP contribution in [0.2, 0.25) is 0 Å². The van der Waals surface area contributed by atoms with Gasteiger partial charge in [-0.3, -0.25) is 0 Å². The maximum atomic E-state index is 4.76. The zero-order chi connectivity index (χ0) is 13.1. The molecule has 17 heavy (non-hydrogen) atoms. The van der Waals surface area contributed by atoms with E-state index in [-0.39, 0.29) is 17.1 Å². The zero-order valence-corrected chi connectivity index (χ0v) is 14.9. The van der Waals surface area contributed by atoms with E-state index >= 15 is 0 Å². The summed E-state index contributed by atoms with van der Waals surface area (Å²) in [6.45, 7) is 11.9. The van der Waals surface area contributed by atoms with Crippen LogP contribution in [-0.4, -0.2) is 44.6 Å². The number of hydrogen-bond donors (Lipinski definition) is 0. The Kier molecular flexibility index (Phi) is 19.9. The Labute approximate surface area is 138 Å². The second-order valence-electron chi connectivity index (χ2n) is 2.88. The molecule has 0 N–H and O–H groups in total. The molecule has 0 bridgehead atoms. The predicted octanol–water partition coefficient (Wildman–Crippen LogP) is 2.32. The molecular weight excluding hydrogens is 340 g/mol. The summed E-state index contributed by atoms with van der Waals surface area (Å²) in [7, 11) is 0. The molecule has 0 atom stereocenters. The number of nitrogens with zero attached hydrogens (tertiary/aromatic N) is 2. The van der Waals surface area contributed by atoms with Crippen molar-refractivity contribution >= 4 is 58.3 Å². The van der Waals surface area contributed by atoms with Crippen molar-refractivity contribution in [1.82, 2.24) is 9.80 Å². The summed E-state index contributed by atoms with van der Waals surface area (Å²) in [5.74, 6) is 0. The fraction of sp³-hybridized carbons (Fsp3) is 0.800. The monoisotopic (exact) mass is 359 g/mol. The minimum atomic E-state index is 0. The van der Waals surface area contributed by atoms with Gasteiger partial charge >= 0.3 is 0 Å². The van der Waals surface area contributed by atoms with Gasteiger partial charge in [-0.05, 0) is 27.7 Å². The van der Waals surface area contributed by atoms with Gasteiger partial charge in [0, 0.05) is 43.2 Å². The quantitative estimate of drug-likeness (QED) is 0.428. The van der Waals surface area contributed by atoms with Gasteiger partial charge in [0.25, 0.3) is 0 Å². The average Bonchev–Trinajstić information content (AvgIpc) is 2.21. The molecule has 0 rings (SSSR count). The molecule has 0 amide bonds. The van der Waals surface area contributed by atoms with Gasteiger partial charge in [-0.2, -0.15) is 0 Å². The summed E-state index contributed by atoms with van der Waals surface area (Å²) in [6.07, 6.45) is 0. The Morgan fingerprint density at radius 1 is 0.765 bits per heavy atom. The molecule has 0 heterocycles. The maximum absolute atomic E-state index is 4.76. The normalized spacial score (nSPS) is 8.24. The van der Waals surface area contributed by atoms with Crippen LogP contribution in [0, 0.1) is 0 Å². The third-order valence-corrected chi connectivity index (χ3v) is 3.08. The van der Waals surface area contributed by atoms with E-state index in [0.29, 0.717) is 8.64 Å². The molecule has 0 aliphatic heterocycles. The molecule has 0 fully saturated rings. The van der Waals surface area contributed by atoms with Crippen LogP contribution in [0.1, 0.15) is 27.7 Å². The van der Waals surface area contributed by atoms with Crippen LogP contribution in [0.4, 0.5) is 0 Å². The van der Waals surface area contributed by atoms with Gasteiger partial charge in [-0.15, -0.1) is 0 Å². The van der Waals surface area contributed by atoms with Crippen molar-refractivity contribution in [1.29, 1.82) is 0 Å². The van der Waals surface area contributed by atoms with E-state index in [4.69, 9.17) is 49.7 Å². The van der Waals surface area contributed by atoms with Crippen LogP contribution < -0.4 is 0 Å². The largest absolute Gasteiger partial charge is 0.411 e. The SMILES string of the molecule is CCN(CC)C(=S)[S-].CCN(CC)C(=S)[S-].[Cu]. The van der Waals surface area contributed by atoms with Crippen LogP contribution in [0.3, 0.4) is 0 Å². The molecule has 0 aliphatic carbocycles. The Balaban J connectivity index is -0.000000218. The van der Waals surface area contributed by atoms with Crippen LogP contribution >= 0.6 is 24.4 Å². The summed E-state index contributed by atoms with van der Waals surface area (Å²) in [5.41, 5.74) is 0. The van der Waals surface area contributed by atoms with Gasteiger partial charge in [0.05, 0.1) is 0 Å². The molecule has 107 valence electrons. The Bertz CT molecular complexity index is 184. The van der Waals surface area contributed by atoms with Crippen LogP contribution in [-0.2, 0) is 42.3 Å². The van der Waals surface area contributed by atoms with Gasteiger partial charge in [0.15, 0.2) is 0 Å². The Morgan fingerprint density at radius 2 is 0.941 bits per heavy atom. The summed E-state index contributed by atoms with van der Waals surface area (Å²) in [5, 5.41) is 0. The number of hydrogen-bond acceptors (Lipinski definition) is 4. The minimum absolute atomic E-state index is 0. The van der Waals surface area contributed by atoms with Gasteiger partial charge in [-0.1, -0.05) is 8.64 Å². The van der Waals surface area contributed by atoms with Gasteiger partial charge in [-0.25, -0.2) is 0 Å². The molecule has 0 aromatic rings. The third-order valence-electron chi connectivity index (χ3n) is 2.04. The first-order valence-corrected chi connectivity index (χ1v) is 6.99. The predicted molar refractivity (Wildman–Crippen MR) is 85.8 cm³/mol. The van der Waals surface area contributed by atoms with E-state index in [1.54, 1.807) is 0 Å². The van der Waals surface area contributed by atoms with Crippen molar-refractivity contribution < 1.29 is 17.1 Å². The molecule has 0 saturated heterocycles. The second-order valence-corrected chi connectivity index (χ2v) is 4.94. The van der Waals surface area contributed by atoms with E-state index in [9.17, 15) is 0 Å². The van der Waals surface area contributed by atoms with E-state index in [0.717, 1.165) is 26.2 Å². The van der Waals surface area contributed by atoms with E-state index in [2.05, 4.69) is 0 Å². The van der Waals surface area contributed by atoms with Crippen molar-refractivity contribution in [2.45, 2.75) is 27.7 Å². The fourth-order valence-electron chi connectivity index (χ4n) is 0.964. The molecular formula is C10H20CuN2S4-2. The van der Waals surface area contributed by atoms with Crippen molar-refractivity contribution in [3.8, 4) is 0 Å². The maximum Gasteiger partial charge on any atom is 0.0133 e. The van der Waals surface area contributed by atoms with Crippen LogP contribution in [0.25, 0.3) is 0 Å². The van der Waals surface area contributed by atoms with Gasteiger partial charge in [0.2, 0.25) is 0 Å². The third kappa shape index (κ3) is 13.0. The van der Waals surface area contributed by atoms with E-state index in [1.165, 1.54) is 0 Å². The summed E-state index contributed by atoms with van der Waals surface area (Å²) in [4.78, 5) is 3.93. The Hall–Kier alpha value is 0.739. The van der Waals surface area contributed by atoms with Crippen LogP contribution in [0.15, 0.2) is 0 Å². The minimum Gasteiger partial charge on any atom is -0.411 e. The average molecular weight is 360 g/mol. The molecule has 0 spiro atoms. The molecule has 7 heteroatoms. The fourth-order valence-corrected chi connectivity index (χ4v) is 2.00. The standard InChI is InChI=1S/2C5H11NS2.Cu/c2*1-3-6(4-2)5(7)8;/h2*3-4H2,1-2H3,(H,7,8);/p-2. The number of thiocarbonyl (C=S) groups is 2. The van der Waals surface area contributed by atoms with Crippen molar-refractivity contribution in [2.75, 3.05) is 26.2 Å². The zero-order valence-electron chi connectivity index (χ0n) is 10.7. The molecule has 0 unspecified atom stereocenters. The summed E-state index contributed by atoms with van der Waals surface area (Å²) in [6, 6.07) is 0. The Morgan fingerprint density at radius 3 is 0.941 bits per heavy atom. The molecule has 0 aromatic heterocycles.